The summed E-state index contributed by atoms with van der Waals surface area (Å²) >= 11 is 5.66. The minimum Gasteiger partial charge on any atom is -0.363 e. The molecule has 0 radical (unpaired) electrons. The molecular weight excluding hydrogens is 252 g/mol. The van der Waals surface area contributed by atoms with Crippen LogP contribution in [0.5, 0.6) is 0 Å². The Labute approximate surface area is 110 Å². The molecule has 6 nitrogen and oxygen atoms in total. The van der Waals surface area contributed by atoms with Gasteiger partial charge in [-0.05, 0) is 20.8 Å². The van der Waals surface area contributed by atoms with Crippen LogP contribution in [0.15, 0.2) is 18.6 Å². The van der Waals surface area contributed by atoms with E-state index in [9.17, 15) is 0 Å². The summed E-state index contributed by atoms with van der Waals surface area (Å²) in [5.41, 5.74) is 0.785. The number of aromatic nitrogens is 5. The van der Waals surface area contributed by atoms with Crippen LogP contribution in [0.4, 0.5) is 5.82 Å². The maximum absolute atomic E-state index is 5.66. The van der Waals surface area contributed by atoms with Gasteiger partial charge in [-0.2, -0.15) is 0 Å². The predicted octanol–water partition coefficient (Wildman–Crippen LogP) is 2.09. The van der Waals surface area contributed by atoms with Gasteiger partial charge in [-0.1, -0.05) is 16.8 Å². The molecule has 0 bridgehead atoms. The molecule has 0 atom stereocenters. The fraction of sp³-hybridized carbons (Fsp3) is 0.455. The zero-order chi connectivity index (χ0) is 13.2. The Morgan fingerprint density at radius 3 is 2.61 bits per heavy atom. The lowest BCUT2D eigenvalue weighted by atomic mass is 10.1. The zero-order valence-electron chi connectivity index (χ0n) is 10.6. The summed E-state index contributed by atoms with van der Waals surface area (Å²) < 4.78 is 1.83. The average molecular weight is 267 g/mol. The third-order valence-corrected chi connectivity index (χ3v) is 2.49. The van der Waals surface area contributed by atoms with E-state index in [1.165, 1.54) is 6.20 Å². The molecule has 0 fully saturated rings. The quantitative estimate of drug-likeness (QED) is 0.921. The molecular formula is C11H15ClN6. The Balaban J connectivity index is 1.98. The van der Waals surface area contributed by atoms with Gasteiger partial charge in [0, 0.05) is 0 Å². The third kappa shape index (κ3) is 3.16. The van der Waals surface area contributed by atoms with Gasteiger partial charge in [0.05, 0.1) is 30.7 Å². The van der Waals surface area contributed by atoms with Crippen LogP contribution >= 0.6 is 11.6 Å². The lowest BCUT2D eigenvalue weighted by Gasteiger charge is -2.17. The highest BCUT2D eigenvalue weighted by molar-refractivity contribution is 6.29. The van der Waals surface area contributed by atoms with Crippen molar-refractivity contribution in [1.82, 2.24) is 25.0 Å². The Morgan fingerprint density at radius 2 is 2.06 bits per heavy atom. The monoisotopic (exact) mass is 266 g/mol. The topological polar surface area (TPSA) is 68.5 Å². The molecule has 18 heavy (non-hydrogen) atoms. The number of halogens is 1. The van der Waals surface area contributed by atoms with Crippen molar-refractivity contribution < 1.29 is 0 Å². The lowest BCUT2D eigenvalue weighted by Crippen LogP contribution is -2.22. The van der Waals surface area contributed by atoms with E-state index < -0.39 is 0 Å². The molecule has 0 spiro atoms. The van der Waals surface area contributed by atoms with Crippen molar-refractivity contribution in [1.29, 1.82) is 0 Å². The summed E-state index contributed by atoms with van der Waals surface area (Å²) in [6.07, 6.45) is 4.99. The molecule has 0 saturated heterocycles. The van der Waals surface area contributed by atoms with E-state index in [1.54, 1.807) is 6.20 Å². The van der Waals surface area contributed by atoms with E-state index in [4.69, 9.17) is 11.6 Å². The highest BCUT2D eigenvalue weighted by Crippen LogP contribution is 2.12. The third-order valence-electron chi connectivity index (χ3n) is 2.30. The number of hydrogen-bond donors (Lipinski definition) is 1. The maximum Gasteiger partial charge on any atom is 0.147 e. The highest BCUT2D eigenvalue weighted by atomic mass is 35.5. The van der Waals surface area contributed by atoms with Crippen LogP contribution in [0.1, 0.15) is 26.5 Å². The predicted molar refractivity (Wildman–Crippen MR) is 69.4 cm³/mol. The molecule has 7 heteroatoms. The van der Waals surface area contributed by atoms with E-state index in [1.807, 2.05) is 10.9 Å². The van der Waals surface area contributed by atoms with E-state index in [2.05, 4.69) is 46.4 Å². The van der Waals surface area contributed by atoms with Gasteiger partial charge in [0.15, 0.2) is 0 Å². The van der Waals surface area contributed by atoms with Gasteiger partial charge in [-0.3, -0.25) is 0 Å². The van der Waals surface area contributed by atoms with Crippen molar-refractivity contribution in [2.24, 2.45) is 0 Å². The van der Waals surface area contributed by atoms with Crippen molar-refractivity contribution in [2.75, 3.05) is 5.32 Å². The molecule has 96 valence electrons. The van der Waals surface area contributed by atoms with Gasteiger partial charge in [-0.25, -0.2) is 14.6 Å². The van der Waals surface area contributed by atoms with Crippen molar-refractivity contribution in [3.8, 4) is 0 Å². The second-order valence-electron chi connectivity index (χ2n) is 4.90. The number of hydrogen-bond acceptors (Lipinski definition) is 5. The number of nitrogens with zero attached hydrogens (tertiary/aromatic N) is 5. The second-order valence-corrected chi connectivity index (χ2v) is 5.29. The fourth-order valence-electron chi connectivity index (χ4n) is 1.29. The van der Waals surface area contributed by atoms with Crippen LogP contribution in [0.3, 0.4) is 0 Å². The van der Waals surface area contributed by atoms with Gasteiger partial charge in [0.1, 0.15) is 16.7 Å². The Morgan fingerprint density at radius 1 is 1.28 bits per heavy atom. The van der Waals surface area contributed by atoms with E-state index in [0.717, 1.165) is 5.69 Å². The first-order valence-electron chi connectivity index (χ1n) is 5.58. The molecule has 2 rings (SSSR count). The van der Waals surface area contributed by atoms with Crippen molar-refractivity contribution in [2.45, 2.75) is 32.9 Å². The SMILES string of the molecule is CC(C)(C)n1cc(CNc2cnc(Cl)cn2)nn1. The lowest BCUT2D eigenvalue weighted by molar-refractivity contribution is 0.347. The molecule has 0 aliphatic rings. The van der Waals surface area contributed by atoms with Crippen LogP contribution in [0, 0.1) is 0 Å². The summed E-state index contributed by atoms with van der Waals surface area (Å²) in [7, 11) is 0. The molecule has 0 saturated carbocycles. The van der Waals surface area contributed by atoms with Crippen LogP contribution in [-0.4, -0.2) is 25.0 Å². The minimum absolute atomic E-state index is 0.0642. The highest BCUT2D eigenvalue weighted by Gasteiger charge is 2.14. The Kier molecular flexibility index (Phi) is 3.47. The van der Waals surface area contributed by atoms with Gasteiger partial charge in [0.25, 0.3) is 0 Å². The van der Waals surface area contributed by atoms with Gasteiger partial charge in [0.2, 0.25) is 0 Å². The minimum atomic E-state index is -0.0642. The van der Waals surface area contributed by atoms with Crippen LogP contribution < -0.4 is 5.32 Å². The van der Waals surface area contributed by atoms with E-state index >= 15 is 0 Å². The smallest absolute Gasteiger partial charge is 0.147 e. The normalized spacial score (nSPS) is 11.6. The summed E-state index contributed by atoms with van der Waals surface area (Å²) in [6, 6.07) is 0. The summed E-state index contributed by atoms with van der Waals surface area (Å²) in [5, 5.41) is 11.7. The van der Waals surface area contributed by atoms with Crippen LogP contribution in [0.2, 0.25) is 5.15 Å². The number of nitrogens with one attached hydrogen (secondary N) is 1. The van der Waals surface area contributed by atoms with Crippen molar-refractivity contribution in [3.63, 3.8) is 0 Å². The number of rotatable bonds is 3. The fourth-order valence-corrected chi connectivity index (χ4v) is 1.39. The summed E-state index contributed by atoms with van der Waals surface area (Å²) in [4.78, 5) is 8.02. The van der Waals surface area contributed by atoms with Gasteiger partial charge in [-0.15, -0.1) is 5.10 Å². The molecule has 1 N–H and O–H groups in total. The number of anilines is 1. The molecule has 0 aliphatic heterocycles. The molecule has 2 aromatic rings. The molecule has 0 unspecified atom stereocenters. The molecule has 0 aliphatic carbocycles. The second kappa shape index (κ2) is 4.89. The molecule has 2 heterocycles. The van der Waals surface area contributed by atoms with Gasteiger partial charge >= 0.3 is 0 Å². The maximum atomic E-state index is 5.66. The average Bonchev–Trinajstić information content (AvgIpc) is 2.77. The molecule has 2 aromatic heterocycles. The van der Waals surface area contributed by atoms with Crippen molar-refractivity contribution in [3.05, 3.63) is 29.4 Å². The summed E-state index contributed by atoms with van der Waals surface area (Å²) in [6.45, 7) is 6.77. The zero-order valence-corrected chi connectivity index (χ0v) is 11.3. The summed E-state index contributed by atoms with van der Waals surface area (Å²) in [5.74, 6) is 0.657. The van der Waals surface area contributed by atoms with Gasteiger partial charge < -0.3 is 5.32 Å². The van der Waals surface area contributed by atoms with E-state index in [0.29, 0.717) is 17.5 Å². The molecule has 0 amide bonds. The van der Waals surface area contributed by atoms with E-state index in [-0.39, 0.29) is 5.54 Å². The first-order valence-corrected chi connectivity index (χ1v) is 5.96. The van der Waals surface area contributed by atoms with Crippen molar-refractivity contribution >= 4 is 17.4 Å². The largest absolute Gasteiger partial charge is 0.363 e. The standard InChI is InChI=1S/C11H15ClN6/c1-11(2,3)18-7-8(16-17-18)4-14-10-6-13-9(12)5-15-10/h5-7H,4H2,1-3H3,(H,14,15). The Bertz CT molecular complexity index is 513. The first kappa shape index (κ1) is 12.8. The van der Waals surface area contributed by atoms with Crippen LogP contribution in [0.25, 0.3) is 0 Å². The van der Waals surface area contributed by atoms with Crippen LogP contribution in [-0.2, 0) is 12.1 Å². The Hall–Kier alpha value is -1.69. The molecule has 0 aromatic carbocycles. The first-order chi connectivity index (χ1) is 8.45.